The molecule has 0 bridgehead atoms. The molecule has 1 aliphatic heterocycles. The van der Waals surface area contributed by atoms with Gasteiger partial charge in [-0.25, -0.2) is 0 Å². The standard InChI is InChI=1S/C20H31N/c1-6-16(3)19-14-17(8-9-18(19)7-2)15-21-12-10-20(4,5)11-13-21/h6,8-9,14H,7,10-13,15H2,1-5H3. The van der Waals surface area contributed by atoms with Crippen LogP contribution < -0.4 is 0 Å². The van der Waals surface area contributed by atoms with Crippen LogP contribution in [0.1, 0.15) is 64.2 Å². The second kappa shape index (κ2) is 6.79. The van der Waals surface area contributed by atoms with E-state index in [1.165, 1.54) is 48.2 Å². The Balaban J connectivity index is 2.11. The van der Waals surface area contributed by atoms with E-state index in [4.69, 9.17) is 0 Å². The summed E-state index contributed by atoms with van der Waals surface area (Å²) in [5.74, 6) is 0. The van der Waals surface area contributed by atoms with Gasteiger partial charge in [0.15, 0.2) is 0 Å². The predicted octanol–water partition coefficient (Wildman–Crippen LogP) is 5.29. The lowest BCUT2D eigenvalue weighted by atomic mass is 9.82. The van der Waals surface area contributed by atoms with Gasteiger partial charge in [0, 0.05) is 6.54 Å². The van der Waals surface area contributed by atoms with E-state index < -0.39 is 0 Å². The molecule has 0 aliphatic carbocycles. The molecule has 0 N–H and O–H groups in total. The maximum absolute atomic E-state index is 2.61. The Morgan fingerprint density at radius 2 is 1.90 bits per heavy atom. The van der Waals surface area contributed by atoms with Crippen molar-refractivity contribution in [1.29, 1.82) is 0 Å². The third-order valence-corrected chi connectivity index (χ3v) is 5.03. The summed E-state index contributed by atoms with van der Waals surface area (Å²) in [5, 5.41) is 0. The fourth-order valence-corrected chi connectivity index (χ4v) is 3.13. The second-order valence-corrected chi connectivity index (χ2v) is 7.26. The molecular formula is C20H31N. The molecule has 1 heterocycles. The van der Waals surface area contributed by atoms with Crippen molar-refractivity contribution in [3.05, 3.63) is 41.0 Å². The van der Waals surface area contributed by atoms with Gasteiger partial charge in [-0.15, -0.1) is 0 Å². The predicted molar refractivity (Wildman–Crippen MR) is 93.4 cm³/mol. The summed E-state index contributed by atoms with van der Waals surface area (Å²) < 4.78 is 0. The van der Waals surface area contributed by atoms with Crippen LogP contribution >= 0.6 is 0 Å². The highest BCUT2D eigenvalue weighted by Gasteiger charge is 2.25. The number of hydrogen-bond acceptors (Lipinski definition) is 1. The topological polar surface area (TPSA) is 3.24 Å². The van der Waals surface area contributed by atoms with E-state index in [2.05, 4.69) is 63.8 Å². The number of nitrogens with zero attached hydrogens (tertiary/aromatic N) is 1. The Bertz CT molecular complexity index is 501. The molecule has 0 radical (unpaired) electrons. The molecule has 0 aromatic heterocycles. The SMILES string of the molecule is CC=C(C)c1cc(CN2CCC(C)(C)CC2)ccc1CC. The Labute approximate surface area is 131 Å². The molecule has 1 aliphatic rings. The monoisotopic (exact) mass is 285 g/mol. The van der Waals surface area contributed by atoms with Crippen molar-refractivity contribution < 1.29 is 0 Å². The van der Waals surface area contributed by atoms with Crippen LogP contribution in [0.25, 0.3) is 5.57 Å². The summed E-state index contributed by atoms with van der Waals surface area (Å²) in [6.45, 7) is 15.0. The van der Waals surface area contributed by atoms with Crippen molar-refractivity contribution in [2.24, 2.45) is 5.41 Å². The molecule has 1 nitrogen and oxygen atoms in total. The van der Waals surface area contributed by atoms with Crippen molar-refractivity contribution in [2.75, 3.05) is 13.1 Å². The summed E-state index contributed by atoms with van der Waals surface area (Å²) in [4.78, 5) is 2.61. The summed E-state index contributed by atoms with van der Waals surface area (Å²) in [5.41, 5.74) is 6.30. The van der Waals surface area contributed by atoms with Gasteiger partial charge in [-0.05, 0) is 79.9 Å². The van der Waals surface area contributed by atoms with Gasteiger partial charge in [-0.1, -0.05) is 39.0 Å². The van der Waals surface area contributed by atoms with E-state index in [0.29, 0.717) is 5.41 Å². The maximum atomic E-state index is 2.61. The number of allylic oxidation sites excluding steroid dienone is 2. The highest BCUT2D eigenvalue weighted by molar-refractivity contribution is 5.67. The fraction of sp³-hybridized carbons (Fsp3) is 0.600. The third-order valence-electron chi connectivity index (χ3n) is 5.03. The maximum Gasteiger partial charge on any atom is 0.0233 e. The first kappa shape index (κ1) is 16.3. The lowest BCUT2D eigenvalue weighted by Crippen LogP contribution is -2.36. The molecule has 1 saturated heterocycles. The number of aryl methyl sites for hydroxylation is 1. The smallest absolute Gasteiger partial charge is 0.0233 e. The van der Waals surface area contributed by atoms with E-state index in [1.54, 1.807) is 0 Å². The molecule has 116 valence electrons. The van der Waals surface area contributed by atoms with Crippen LogP contribution in [-0.4, -0.2) is 18.0 Å². The van der Waals surface area contributed by atoms with Gasteiger partial charge in [-0.2, -0.15) is 0 Å². The molecule has 1 aromatic carbocycles. The summed E-state index contributed by atoms with van der Waals surface area (Å²) in [6.07, 6.45) is 5.97. The lowest BCUT2D eigenvalue weighted by molar-refractivity contribution is 0.127. The van der Waals surface area contributed by atoms with E-state index >= 15 is 0 Å². The number of benzene rings is 1. The number of piperidine rings is 1. The molecule has 0 saturated carbocycles. The van der Waals surface area contributed by atoms with Gasteiger partial charge < -0.3 is 0 Å². The van der Waals surface area contributed by atoms with Crippen LogP contribution in [0.2, 0.25) is 0 Å². The summed E-state index contributed by atoms with van der Waals surface area (Å²) >= 11 is 0. The second-order valence-electron chi connectivity index (χ2n) is 7.26. The van der Waals surface area contributed by atoms with Crippen molar-refractivity contribution in [3.8, 4) is 0 Å². The zero-order valence-electron chi connectivity index (χ0n) is 14.5. The largest absolute Gasteiger partial charge is 0.299 e. The molecule has 0 atom stereocenters. The van der Waals surface area contributed by atoms with E-state index in [0.717, 1.165) is 13.0 Å². The van der Waals surface area contributed by atoms with Crippen LogP contribution in [0.3, 0.4) is 0 Å². The minimum absolute atomic E-state index is 0.537. The van der Waals surface area contributed by atoms with Crippen molar-refractivity contribution in [3.63, 3.8) is 0 Å². The average molecular weight is 285 g/mol. The molecule has 0 unspecified atom stereocenters. The Hall–Kier alpha value is -1.08. The van der Waals surface area contributed by atoms with Crippen molar-refractivity contribution in [1.82, 2.24) is 4.90 Å². The van der Waals surface area contributed by atoms with Crippen LogP contribution in [0, 0.1) is 5.41 Å². The highest BCUT2D eigenvalue weighted by Crippen LogP contribution is 2.30. The number of likely N-dealkylation sites (tertiary alicyclic amines) is 1. The molecule has 1 aromatic rings. The molecule has 2 rings (SSSR count). The van der Waals surface area contributed by atoms with Crippen LogP contribution in [0.5, 0.6) is 0 Å². The van der Waals surface area contributed by atoms with Gasteiger partial charge in [0.2, 0.25) is 0 Å². The zero-order chi connectivity index (χ0) is 15.5. The molecule has 1 heteroatoms. The first-order valence-electron chi connectivity index (χ1n) is 8.42. The first-order chi connectivity index (χ1) is 9.95. The first-order valence-corrected chi connectivity index (χ1v) is 8.42. The average Bonchev–Trinajstić information content (AvgIpc) is 2.48. The number of hydrogen-bond donors (Lipinski definition) is 0. The quantitative estimate of drug-likeness (QED) is 0.726. The molecule has 0 amide bonds. The number of rotatable bonds is 4. The Kier molecular flexibility index (Phi) is 5.27. The minimum atomic E-state index is 0.537. The lowest BCUT2D eigenvalue weighted by Gasteiger charge is -2.37. The van der Waals surface area contributed by atoms with Gasteiger partial charge in [0.1, 0.15) is 0 Å². The van der Waals surface area contributed by atoms with E-state index in [-0.39, 0.29) is 0 Å². The van der Waals surface area contributed by atoms with Gasteiger partial charge >= 0.3 is 0 Å². The minimum Gasteiger partial charge on any atom is -0.299 e. The summed E-state index contributed by atoms with van der Waals surface area (Å²) in [6, 6.07) is 7.06. The Morgan fingerprint density at radius 3 is 2.48 bits per heavy atom. The van der Waals surface area contributed by atoms with Crippen LogP contribution in [0.4, 0.5) is 0 Å². The summed E-state index contributed by atoms with van der Waals surface area (Å²) in [7, 11) is 0. The van der Waals surface area contributed by atoms with Gasteiger partial charge in [0.25, 0.3) is 0 Å². The Morgan fingerprint density at radius 1 is 1.24 bits per heavy atom. The van der Waals surface area contributed by atoms with Crippen LogP contribution in [0.15, 0.2) is 24.3 Å². The van der Waals surface area contributed by atoms with E-state index in [1.807, 2.05) is 0 Å². The normalized spacial score (nSPS) is 19.8. The van der Waals surface area contributed by atoms with Gasteiger partial charge in [0.05, 0.1) is 0 Å². The van der Waals surface area contributed by atoms with Crippen molar-refractivity contribution in [2.45, 2.75) is 60.4 Å². The fourth-order valence-electron chi connectivity index (χ4n) is 3.13. The van der Waals surface area contributed by atoms with E-state index in [9.17, 15) is 0 Å². The van der Waals surface area contributed by atoms with Crippen LogP contribution in [-0.2, 0) is 13.0 Å². The zero-order valence-corrected chi connectivity index (χ0v) is 14.5. The highest BCUT2D eigenvalue weighted by atomic mass is 15.1. The molecular weight excluding hydrogens is 254 g/mol. The van der Waals surface area contributed by atoms with Gasteiger partial charge in [-0.3, -0.25) is 4.90 Å². The molecule has 21 heavy (non-hydrogen) atoms. The third kappa shape index (κ3) is 4.20. The molecule has 0 spiro atoms. The molecule has 1 fully saturated rings. The van der Waals surface area contributed by atoms with Crippen molar-refractivity contribution >= 4 is 5.57 Å².